The monoisotopic (exact) mass is 401 g/mol. The van der Waals surface area contributed by atoms with E-state index in [-0.39, 0.29) is 5.82 Å². The predicted octanol–water partition coefficient (Wildman–Crippen LogP) is 5.34. The first-order valence-electron chi connectivity index (χ1n) is 11.0. The van der Waals surface area contributed by atoms with Crippen LogP contribution in [0, 0.1) is 5.82 Å². The maximum Gasteiger partial charge on any atom is 0.123 e. The molecule has 5 rings (SSSR count). The number of aromatic nitrogens is 1. The van der Waals surface area contributed by atoms with Crippen LogP contribution < -0.4 is 0 Å². The third-order valence-electron chi connectivity index (χ3n) is 6.55. The van der Waals surface area contributed by atoms with Crippen LogP contribution in [0.5, 0.6) is 0 Å². The van der Waals surface area contributed by atoms with Crippen LogP contribution in [0.2, 0.25) is 0 Å². The van der Waals surface area contributed by atoms with Gasteiger partial charge in [-0.15, -0.1) is 0 Å². The van der Waals surface area contributed by atoms with Gasteiger partial charge in [-0.2, -0.15) is 0 Å². The van der Waals surface area contributed by atoms with Crippen molar-refractivity contribution in [1.29, 1.82) is 0 Å². The highest BCUT2D eigenvalue weighted by Gasteiger charge is 2.23. The number of para-hydroxylation sites is 1. The first-order valence-corrected chi connectivity index (χ1v) is 11.0. The van der Waals surface area contributed by atoms with Gasteiger partial charge in [0.05, 0.1) is 11.2 Å². The molecule has 1 aliphatic heterocycles. The molecule has 1 unspecified atom stereocenters. The van der Waals surface area contributed by atoms with Crippen molar-refractivity contribution >= 4 is 10.9 Å². The van der Waals surface area contributed by atoms with Crippen molar-refractivity contribution in [3.05, 3.63) is 89.5 Å². The summed E-state index contributed by atoms with van der Waals surface area (Å²) in [7, 11) is 0. The standard InChI is InChI=1S/C26H28FN3/c27-23-10-5-20(6-11-23)21-8-13-25(14-9-21)30-17-15-29(16-18-30)19-24-12-7-22-3-1-2-4-26(22)28-24/h1-7,10-13,21H,8-9,14-19H2. The number of allylic oxidation sites excluding steroid dienone is 2. The lowest BCUT2D eigenvalue weighted by Gasteiger charge is -2.39. The minimum Gasteiger partial charge on any atom is -0.373 e. The summed E-state index contributed by atoms with van der Waals surface area (Å²) in [5.74, 6) is 0.372. The summed E-state index contributed by atoms with van der Waals surface area (Å²) in [4.78, 5) is 9.90. The molecule has 0 spiro atoms. The molecule has 1 aliphatic carbocycles. The Morgan fingerprint density at radius 1 is 0.900 bits per heavy atom. The van der Waals surface area contributed by atoms with E-state index < -0.39 is 0 Å². The molecule has 2 heterocycles. The summed E-state index contributed by atoms with van der Waals surface area (Å²) in [5, 5.41) is 1.20. The molecular formula is C26H28FN3. The van der Waals surface area contributed by atoms with Crippen molar-refractivity contribution in [3.63, 3.8) is 0 Å². The minimum absolute atomic E-state index is 0.150. The molecule has 0 saturated carbocycles. The van der Waals surface area contributed by atoms with Gasteiger partial charge in [0.1, 0.15) is 5.82 Å². The van der Waals surface area contributed by atoms with Gasteiger partial charge in [-0.1, -0.05) is 42.5 Å². The number of hydrogen-bond acceptors (Lipinski definition) is 3. The van der Waals surface area contributed by atoms with Gasteiger partial charge < -0.3 is 4.90 Å². The fourth-order valence-electron chi connectivity index (χ4n) is 4.76. The normalized spacial score (nSPS) is 20.4. The topological polar surface area (TPSA) is 19.4 Å². The molecule has 4 heteroatoms. The summed E-state index contributed by atoms with van der Waals surface area (Å²) in [5.41, 5.74) is 4.99. The Kier molecular flexibility index (Phi) is 5.50. The van der Waals surface area contributed by atoms with Crippen LogP contribution in [-0.2, 0) is 6.54 Å². The summed E-state index contributed by atoms with van der Waals surface area (Å²) in [6.07, 6.45) is 5.74. The largest absolute Gasteiger partial charge is 0.373 e. The average molecular weight is 402 g/mol. The molecule has 3 aromatic rings. The lowest BCUT2D eigenvalue weighted by Crippen LogP contribution is -2.45. The molecule has 1 saturated heterocycles. The second kappa shape index (κ2) is 8.57. The number of pyridine rings is 1. The molecule has 0 N–H and O–H groups in total. The van der Waals surface area contributed by atoms with Gasteiger partial charge in [0.25, 0.3) is 0 Å². The van der Waals surface area contributed by atoms with Crippen LogP contribution in [0.15, 0.2) is 72.4 Å². The van der Waals surface area contributed by atoms with Gasteiger partial charge in [-0.25, -0.2) is 4.39 Å². The van der Waals surface area contributed by atoms with Crippen molar-refractivity contribution in [2.45, 2.75) is 31.7 Å². The zero-order chi connectivity index (χ0) is 20.3. The number of benzene rings is 2. The van der Waals surface area contributed by atoms with E-state index in [2.05, 4.69) is 52.3 Å². The van der Waals surface area contributed by atoms with E-state index in [0.29, 0.717) is 5.92 Å². The summed E-state index contributed by atoms with van der Waals surface area (Å²) < 4.78 is 13.2. The molecule has 2 aromatic carbocycles. The summed E-state index contributed by atoms with van der Waals surface area (Å²) >= 11 is 0. The molecule has 0 radical (unpaired) electrons. The van der Waals surface area contributed by atoms with E-state index in [1.807, 2.05) is 12.1 Å². The zero-order valence-electron chi connectivity index (χ0n) is 17.3. The SMILES string of the molecule is Fc1ccc(C2CC=C(N3CCN(Cc4ccc5ccccc5n4)CC3)CC2)cc1. The zero-order valence-corrected chi connectivity index (χ0v) is 17.3. The van der Waals surface area contributed by atoms with E-state index in [1.165, 1.54) is 16.6 Å². The molecular weight excluding hydrogens is 373 g/mol. The fraction of sp³-hybridized carbons (Fsp3) is 0.346. The molecule has 0 bridgehead atoms. The van der Waals surface area contributed by atoms with Gasteiger partial charge in [-0.05, 0) is 55.0 Å². The van der Waals surface area contributed by atoms with Gasteiger partial charge in [0, 0.05) is 43.8 Å². The van der Waals surface area contributed by atoms with Crippen LogP contribution in [0.1, 0.15) is 36.4 Å². The highest BCUT2D eigenvalue weighted by atomic mass is 19.1. The highest BCUT2D eigenvalue weighted by molar-refractivity contribution is 5.78. The van der Waals surface area contributed by atoms with Gasteiger partial charge in [0.15, 0.2) is 0 Å². The second-order valence-corrected chi connectivity index (χ2v) is 8.48. The second-order valence-electron chi connectivity index (χ2n) is 8.48. The lowest BCUT2D eigenvalue weighted by molar-refractivity contribution is 0.146. The van der Waals surface area contributed by atoms with Crippen LogP contribution in [0.3, 0.4) is 0 Å². The van der Waals surface area contributed by atoms with Gasteiger partial charge >= 0.3 is 0 Å². The fourth-order valence-corrected chi connectivity index (χ4v) is 4.76. The molecule has 154 valence electrons. The third kappa shape index (κ3) is 4.24. The predicted molar refractivity (Wildman–Crippen MR) is 120 cm³/mol. The van der Waals surface area contributed by atoms with E-state index in [4.69, 9.17) is 4.98 Å². The molecule has 3 nitrogen and oxygen atoms in total. The van der Waals surface area contributed by atoms with E-state index >= 15 is 0 Å². The third-order valence-corrected chi connectivity index (χ3v) is 6.55. The number of rotatable bonds is 4. The highest BCUT2D eigenvalue weighted by Crippen LogP contribution is 2.33. The maximum atomic E-state index is 13.2. The van der Waals surface area contributed by atoms with Crippen molar-refractivity contribution in [2.75, 3.05) is 26.2 Å². The Bertz CT molecular complexity index is 1040. The first-order chi connectivity index (χ1) is 14.7. The van der Waals surface area contributed by atoms with Gasteiger partial charge in [-0.3, -0.25) is 9.88 Å². The molecule has 1 atom stereocenters. The molecule has 1 fully saturated rings. The number of nitrogens with zero attached hydrogens (tertiary/aromatic N) is 3. The Labute approximate surface area is 177 Å². The van der Waals surface area contributed by atoms with Crippen molar-refractivity contribution in [1.82, 2.24) is 14.8 Å². The van der Waals surface area contributed by atoms with Crippen molar-refractivity contribution < 1.29 is 4.39 Å². The maximum absolute atomic E-state index is 13.2. The van der Waals surface area contributed by atoms with Crippen LogP contribution in [0.4, 0.5) is 4.39 Å². The summed E-state index contributed by atoms with van der Waals surface area (Å²) in [6, 6.07) is 19.7. The van der Waals surface area contributed by atoms with E-state index in [0.717, 1.165) is 63.2 Å². The van der Waals surface area contributed by atoms with Crippen molar-refractivity contribution in [3.8, 4) is 0 Å². The van der Waals surface area contributed by atoms with E-state index in [9.17, 15) is 4.39 Å². The number of piperazine rings is 1. The lowest BCUT2D eigenvalue weighted by atomic mass is 9.86. The van der Waals surface area contributed by atoms with Crippen LogP contribution in [-0.4, -0.2) is 41.0 Å². The Morgan fingerprint density at radius 2 is 1.70 bits per heavy atom. The Balaban J connectivity index is 1.15. The Hall–Kier alpha value is -2.72. The Morgan fingerprint density at radius 3 is 2.47 bits per heavy atom. The van der Waals surface area contributed by atoms with Crippen LogP contribution in [0.25, 0.3) is 10.9 Å². The molecule has 30 heavy (non-hydrogen) atoms. The number of halogens is 1. The van der Waals surface area contributed by atoms with Crippen LogP contribution >= 0.6 is 0 Å². The van der Waals surface area contributed by atoms with E-state index in [1.54, 1.807) is 12.1 Å². The average Bonchev–Trinajstić information content (AvgIpc) is 2.80. The number of hydrogen-bond donors (Lipinski definition) is 0. The summed E-state index contributed by atoms with van der Waals surface area (Å²) in [6.45, 7) is 5.24. The first kappa shape index (κ1) is 19.3. The molecule has 2 aliphatic rings. The minimum atomic E-state index is -0.150. The van der Waals surface area contributed by atoms with Gasteiger partial charge in [0.2, 0.25) is 0 Å². The van der Waals surface area contributed by atoms with Crippen molar-refractivity contribution in [2.24, 2.45) is 0 Å². The molecule has 0 amide bonds. The quantitative estimate of drug-likeness (QED) is 0.588. The smallest absolute Gasteiger partial charge is 0.123 e. The molecule has 1 aromatic heterocycles. The number of fused-ring (bicyclic) bond motifs is 1.